The lowest BCUT2D eigenvalue weighted by Crippen LogP contribution is -2.40. The number of nitrogens with zero attached hydrogens (tertiary/aromatic N) is 3. The number of morpholine rings is 1. The third-order valence-corrected chi connectivity index (χ3v) is 7.72. The number of amides is 2. The summed E-state index contributed by atoms with van der Waals surface area (Å²) in [5.74, 6) is 0. The average molecular weight is 534 g/mol. The van der Waals surface area contributed by atoms with Crippen molar-refractivity contribution in [2.75, 3.05) is 62.7 Å². The highest BCUT2D eigenvalue weighted by atomic mass is 35.5. The highest BCUT2D eigenvalue weighted by Crippen LogP contribution is 2.29. The minimum Gasteiger partial charge on any atom is -0.379 e. The first-order chi connectivity index (χ1) is 17.5. The Kier molecular flexibility index (Phi) is 10.2. The van der Waals surface area contributed by atoms with Crippen molar-refractivity contribution in [3.63, 3.8) is 0 Å². The van der Waals surface area contributed by atoms with E-state index in [1.54, 1.807) is 18.2 Å². The van der Waals surface area contributed by atoms with Crippen LogP contribution in [0.2, 0.25) is 10.0 Å². The fourth-order valence-electron chi connectivity index (χ4n) is 4.97. The number of anilines is 2. The van der Waals surface area contributed by atoms with E-state index in [2.05, 4.69) is 40.2 Å². The number of fused-ring (bicyclic) bond motifs is 1. The van der Waals surface area contributed by atoms with Crippen LogP contribution < -0.4 is 10.2 Å². The number of ether oxygens (including phenoxy) is 1. The zero-order chi connectivity index (χ0) is 25.3. The number of aryl methyl sites for hydroxylation is 1. The molecule has 1 fully saturated rings. The van der Waals surface area contributed by atoms with E-state index in [9.17, 15) is 4.79 Å². The summed E-state index contributed by atoms with van der Waals surface area (Å²) in [6.45, 7) is 10.2. The van der Waals surface area contributed by atoms with Crippen molar-refractivity contribution in [1.82, 2.24) is 9.80 Å². The van der Waals surface area contributed by atoms with Gasteiger partial charge in [0.05, 0.1) is 23.3 Å². The van der Waals surface area contributed by atoms with Gasteiger partial charge in [-0.3, -0.25) is 4.90 Å². The molecule has 6 nitrogen and oxygen atoms in total. The molecule has 2 amide bonds. The minimum atomic E-state index is -0.127. The van der Waals surface area contributed by atoms with Gasteiger partial charge in [-0.25, -0.2) is 4.79 Å². The van der Waals surface area contributed by atoms with Crippen LogP contribution in [0.25, 0.3) is 0 Å². The number of hydrogen-bond donors (Lipinski definition) is 1. The highest BCUT2D eigenvalue weighted by molar-refractivity contribution is 6.42. The quantitative estimate of drug-likeness (QED) is 0.389. The van der Waals surface area contributed by atoms with Crippen LogP contribution >= 0.6 is 23.2 Å². The van der Waals surface area contributed by atoms with Crippen LogP contribution in [0.3, 0.4) is 0 Å². The molecule has 0 atom stereocenters. The Hall–Kier alpha value is -1.99. The Morgan fingerprint density at radius 3 is 2.64 bits per heavy atom. The van der Waals surface area contributed by atoms with E-state index in [0.717, 1.165) is 58.8 Å². The van der Waals surface area contributed by atoms with Crippen molar-refractivity contribution in [2.24, 2.45) is 0 Å². The molecule has 0 saturated carbocycles. The second-order valence-corrected chi connectivity index (χ2v) is 10.5. The lowest BCUT2D eigenvalue weighted by Gasteiger charge is -2.32. The highest BCUT2D eigenvalue weighted by Gasteiger charge is 2.20. The number of carbonyl (C=O) groups is 1. The number of nitrogens with one attached hydrogen (secondary N) is 1. The largest absolute Gasteiger partial charge is 0.379 e. The maximum absolute atomic E-state index is 13.4. The van der Waals surface area contributed by atoms with Gasteiger partial charge < -0.3 is 19.9 Å². The standard InChI is InChI=1S/C28H38Cl2N4O2/c1-2-3-12-33-13-4-6-23-19-22(7-10-27(23)33)21-34(14-5-11-32-15-17-36-18-16-32)28(35)31-24-8-9-25(29)26(30)20-24/h7-10,19-20H,2-6,11-18,21H2,1H3,(H,31,35). The first-order valence-corrected chi connectivity index (χ1v) is 14.0. The summed E-state index contributed by atoms with van der Waals surface area (Å²) in [6.07, 6.45) is 5.61. The van der Waals surface area contributed by atoms with Crippen molar-refractivity contribution in [2.45, 2.75) is 45.6 Å². The Morgan fingerprint density at radius 1 is 1.03 bits per heavy atom. The summed E-state index contributed by atoms with van der Waals surface area (Å²) >= 11 is 12.2. The number of carbonyl (C=O) groups excluding carboxylic acids is 1. The van der Waals surface area contributed by atoms with Crippen LogP contribution in [0.15, 0.2) is 36.4 Å². The van der Waals surface area contributed by atoms with Gasteiger partial charge in [0.2, 0.25) is 0 Å². The zero-order valence-corrected chi connectivity index (χ0v) is 22.8. The number of halogens is 2. The van der Waals surface area contributed by atoms with Gasteiger partial charge in [0.15, 0.2) is 0 Å². The molecular formula is C28H38Cl2N4O2. The fourth-order valence-corrected chi connectivity index (χ4v) is 5.27. The monoisotopic (exact) mass is 532 g/mol. The van der Waals surface area contributed by atoms with E-state index < -0.39 is 0 Å². The Bertz CT molecular complexity index is 1010. The van der Waals surface area contributed by atoms with Crippen molar-refractivity contribution in [1.29, 1.82) is 0 Å². The van der Waals surface area contributed by atoms with Gasteiger partial charge in [-0.05, 0) is 61.1 Å². The molecule has 0 spiro atoms. The molecule has 2 aliphatic rings. The van der Waals surface area contributed by atoms with Crippen LogP contribution in [0.5, 0.6) is 0 Å². The molecule has 2 aliphatic heterocycles. The van der Waals surface area contributed by atoms with Gasteiger partial charge in [-0.15, -0.1) is 0 Å². The van der Waals surface area contributed by atoms with E-state index in [1.165, 1.54) is 36.1 Å². The maximum atomic E-state index is 13.4. The molecular weight excluding hydrogens is 495 g/mol. The topological polar surface area (TPSA) is 48.1 Å². The van der Waals surface area contributed by atoms with Crippen LogP contribution in [-0.2, 0) is 17.7 Å². The first-order valence-electron chi connectivity index (χ1n) is 13.2. The predicted molar refractivity (Wildman–Crippen MR) is 150 cm³/mol. The number of unbranched alkanes of at least 4 members (excludes halogenated alkanes) is 1. The number of benzene rings is 2. The molecule has 0 bridgehead atoms. The van der Waals surface area contributed by atoms with Gasteiger partial charge in [0, 0.05) is 57.2 Å². The van der Waals surface area contributed by atoms with Gasteiger partial charge in [-0.2, -0.15) is 0 Å². The van der Waals surface area contributed by atoms with Crippen LogP contribution in [0.1, 0.15) is 43.7 Å². The van der Waals surface area contributed by atoms with Crippen LogP contribution in [0.4, 0.5) is 16.2 Å². The summed E-state index contributed by atoms with van der Waals surface area (Å²) < 4.78 is 5.46. The second-order valence-electron chi connectivity index (χ2n) is 9.70. The SMILES string of the molecule is CCCCN1CCCc2cc(CN(CCCN3CCOCC3)C(=O)Nc3ccc(Cl)c(Cl)c3)ccc21. The molecule has 0 aliphatic carbocycles. The summed E-state index contributed by atoms with van der Waals surface area (Å²) in [7, 11) is 0. The molecule has 196 valence electrons. The number of hydrogen-bond acceptors (Lipinski definition) is 4. The molecule has 8 heteroatoms. The Labute approximate surface area is 225 Å². The Balaban J connectivity index is 1.45. The molecule has 2 heterocycles. The van der Waals surface area contributed by atoms with E-state index in [1.807, 2.05) is 4.90 Å². The lowest BCUT2D eigenvalue weighted by molar-refractivity contribution is 0.0365. The minimum absolute atomic E-state index is 0.127. The first kappa shape index (κ1) is 27.1. The van der Waals surface area contributed by atoms with Gasteiger partial charge >= 0.3 is 6.03 Å². The molecule has 0 radical (unpaired) electrons. The molecule has 4 rings (SSSR count). The normalized spacial score (nSPS) is 16.0. The van der Waals surface area contributed by atoms with Crippen molar-refractivity contribution in [3.05, 3.63) is 57.6 Å². The van der Waals surface area contributed by atoms with Crippen LogP contribution in [0, 0.1) is 0 Å². The summed E-state index contributed by atoms with van der Waals surface area (Å²) in [5.41, 5.74) is 4.57. The molecule has 0 unspecified atom stereocenters. The number of urea groups is 1. The molecule has 0 aromatic heterocycles. The second kappa shape index (κ2) is 13.5. The summed E-state index contributed by atoms with van der Waals surface area (Å²) in [6, 6.07) is 11.8. The molecule has 1 N–H and O–H groups in total. The van der Waals surface area contributed by atoms with Gasteiger partial charge in [0.1, 0.15) is 0 Å². The average Bonchev–Trinajstić information content (AvgIpc) is 2.89. The van der Waals surface area contributed by atoms with E-state index in [-0.39, 0.29) is 6.03 Å². The van der Waals surface area contributed by atoms with E-state index in [4.69, 9.17) is 27.9 Å². The zero-order valence-electron chi connectivity index (χ0n) is 21.3. The molecule has 2 aromatic rings. The predicted octanol–water partition coefficient (Wildman–Crippen LogP) is 6.30. The molecule has 1 saturated heterocycles. The lowest BCUT2D eigenvalue weighted by atomic mass is 9.98. The van der Waals surface area contributed by atoms with Gasteiger partial charge in [0.25, 0.3) is 0 Å². The van der Waals surface area contributed by atoms with Crippen molar-refractivity contribution in [3.8, 4) is 0 Å². The maximum Gasteiger partial charge on any atom is 0.322 e. The third-order valence-electron chi connectivity index (χ3n) is 6.98. The van der Waals surface area contributed by atoms with E-state index >= 15 is 0 Å². The van der Waals surface area contributed by atoms with Crippen molar-refractivity contribution < 1.29 is 9.53 Å². The van der Waals surface area contributed by atoms with Gasteiger partial charge in [-0.1, -0.05) is 48.7 Å². The summed E-state index contributed by atoms with van der Waals surface area (Å²) in [5, 5.41) is 3.91. The van der Waals surface area contributed by atoms with Crippen LogP contribution in [-0.4, -0.2) is 68.3 Å². The smallest absolute Gasteiger partial charge is 0.322 e. The summed E-state index contributed by atoms with van der Waals surface area (Å²) in [4.78, 5) is 20.2. The fraction of sp³-hybridized carbons (Fsp3) is 0.536. The molecule has 36 heavy (non-hydrogen) atoms. The third kappa shape index (κ3) is 7.51. The molecule has 2 aromatic carbocycles. The Morgan fingerprint density at radius 2 is 1.86 bits per heavy atom. The van der Waals surface area contributed by atoms with E-state index in [0.29, 0.717) is 28.8 Å². The van der Waals surface area contributed by atoms with Crippen molar-refractivity contribution >= 4 is 40.6 Å². The number of rotatable bonds is 10.